The van der Waals surface area contributed by atoms with E-state index in [1.807, 2.05) is 13.8 Å². The van der Waals surface area contributed by atoms with Crippen LogP contribution in [0.25, 0.3) is 0 Å². The number of carbonyl (C=O) groups excluding carboxylic acids is 2. The maximum Gasteiger partial charge on any atom is 0.290 e. The molecular weight excluding hydrogens is 238 g/mol. The summed E-state index contributed by atoms with van der Waals surface area (Å²) >= 11 is 0. The molecule has 0 aromatic rings. The van der Waals surface area contributed by atoms with Crippen molar-refractivity contribution in [1.29, 1.82) is 0 Å². The Hall–Kier alpha value is -1.63. The summed E-state index contributed by atoms with van der Waals surface area (Å²) in [6, 6.07) is -0.484. The van der Waals surface area contributed by atoms with Gasteiger partial charge in [-0.25, -0.2) is 0 Å². The van der Waals surface area contributed by atoms with Crippen molar-refractivity contribution in [3.8, 4) is 0 Å². The van der Waals surface area contributed by atoms with E-state index in [1.54, 1.807) is 0 Å². The Morgan fingerprint density at radius 3 is 2.61 bits per heavy atom. The molecule has 1 rings (SSSR count). The van der Waals surface area contributed by atoms with E-state index in [0.717, 1.165) is 0 Å². The molecule has 0 aliphatic carbocycles. The molecule has 1 saturated heterocycles. The van der Waals surface area contributed by atoms with Crippen molar-refractivity contribution < 1.29 is 19.5 Å². The molecule has 2 amide bonds. The quantitative estimate of drug-likeness (QED) is 0.503. The summed E-state index contributed by atoms with van der Waals surface area (Å²) < 4.78 is 0. The highest BCUT2D eigenvalue weighted by Gasteiger charge is 2.24. The molecule has 1 aliphatic rings. The maximum atomic E-state index is 11.6. The summed E-state index contributed by atoms with van der Waals surface area (Å²) in [7, 11) is 0. The highest BCUT2D eigenvalue weighted by Crippen LogP contribution is 2.06. The average molecular weight is 259 g/mol. The van der Waals surface area contributed by atoms with Gasteiger partial charge < -0.3 is 21.5 Å². The van der Waals surface area contributed by atoms with Crippen LogP contribution in [0.3, 0.4) is 0 Å². The maximum absolute atomic E-state index is 11.6. The number of amides is 2. The fourth-order valence-electron chi connectivity index (χ4n) is 1.62. The summed E-state index contributed by atoms with van der Waals surface area (Å²) in [4.78, 5) is 30.8. The van der Waals surface area contributed by atoms with Gasteiger partial charge in [0.2, 0.25) is 11.8 Å². The van der Waals surface area contributed by atoms with Gasteiger partial charge in [-0.15, -0.1) is 0 Å². The van der Waals surface area contributed by atoms with Crippen molar-refractivity contribution in [3.05, 3.63) is 0 Å². The Morgan fingerprint density at radius 1 is 1.67 bits per heavy atom. The minimum absolute atomic E-state index is 0.0160. The molecule has 18 heavy (non-hydrogen) atoms. The molecule has 0 unspecified atom stereocenters. The first-order valence-corrected chi connectivity index (χ1v) is 5.83. The van der Waals surface area contributed by atoms with E-state index in [-0.39, 0.29) is 24.5 Å². The monoisotopic (exact) mass is 259 g/mol. The molecule has 5 N–H and O–H groups in total. The molecule has 0 aromatic carbocycles. The third-order valence-corrected chi connectivity index (χ3v) is 2.37. The van der Waals surface area contributed by atoms with Crippen LogP contribution >= 0.6 is 0 Å². The first-order chi connectivity index (χ1) is 8.40. The van der Waals surface area contributed by atoms with Gasteiger partial charge in [0.05, 0.1) is 6.04 Å². The number of hydrogen-bond acceptors (Lipinski definition) is 4. The Kier molecular flexibility index (Phi) is 7.69. The number of hydrogen-bond donors (Lipinski definition) is 4. The van der Waals surface area contributed by atoms with E-state index >= 15 is 0 Å². The minimum atomic E-state index is -0.484. The zero-order valence-corrected chi connectivity index (χ0v) is 10.7. The van der Waals surface area contributed by atoms with Gasteiger partial charge in [0.1, 0.15) is 6.17 Å². The summed E-state index contributed by atoms with van der Waals surface area (Å²) in [5, 5.41) is 12.3. The van der Waals surface area contributed by atoms with Crippen LogP contribution in [-0.4, -0.2) is 35.6 Å². The molecule has 2 atom stereocenters. The topological polar surface area (TPSA) is 122 Å². The van der Waals surface area contributed by atoms with Gasteiger partial charge in [0, 0.05) is 6.42 Å². The molecule has 0 spiro atoms. The standard InChI is InChI=1S/C10H19N3O2.CH2O2/c1-6(2)5-7(11)10(15)13-8-3-4-9(14)12-8;2-1-3/h6-8H,3-5,11H2,1-2H3,(H,12,14)(H,13,15);1H,(H,2,3)/t7-,8+;/m1./s1. The molecule has 0 saturated carbocycles. The molecule has 1 aliphatic heterocycles. The Labute approximate surface area is 106 Å². The molecule has 0 aromatic heterocycles. The van der Waals surface area contributed by atoms with Gasteiger partial charge >= 0.3 is 0 Å². The predicted molar refractivity (Wildman–Crippen MR) is 65.4 cm³/mol. The number of carboxylic acid groups (broad SMARTS) is 1. The first-order valence-electron chi connectivity index (χ1n) is 5.83. The SMILES string of the molecule is CC(C)C[C@@H](N)C(=O)N[C@H]1CCC(=O)N1.O=CO. The third kappa shape index (κ3) is 6.85. The van der Waals surface area contributed by atoms with Crippen molar-refractivity contribution in [2.24, 2.45) is 11.7 Å². The Balaban J connectivity index is 0.000000873. The molecule has 1 fully saturated rings. The smallest absolute Gasteiger partial charge is 0.290 e. The Morgan fingerprint density at radius 2 is 2.22 bits per heavy atom. The van der Waals surface area contributed by atoms with Crippen LogP contribution < -0.4 is 16.4 Å². The van der Waals surface area contributed by atoms with Gasteiger partial charge in [0.15, 0.2) is 0 Å². The molecule has 1 heterocycles. The third-order valence-electron chi connectivity index (χ3n) is 2.37. The van der Waals surface area contributed by atoms with Crippen LogP contribution in [0.5, 0.6) is 0 Å². The Bertz CT molecular complexity index is 294. The van der Waals surface area contributed by atoms with E-state index in [0.29, 0.717) is 25.2 Å². The zero-order chi connectivity index (χ0) is 14.1. The lowest BCUT2D eigenvalue weighted by molar-refractivity contribution is -0.124. The minimum Gasteiger partial charge on any atom is -0.483 e. The lowest BCUT2D eigenvalue weighted by Crippen LogP contribution is -2.49. The second-order valence-electron chi connectivity index (χ2n) is 4.51. The molecule has 104 valence electrons. The van der Waals surface area contributed by atoms with Crippen LogP contribution in [0.1, 0.15) is 33.1 Å². The van der Waals surface area contributed by atoms with Crippen LogP contribution in [0.2, 0.25) is 0 Å². The fourth-order valence-corrected chi connectivity index (χ4v) is 1.62. The highest BCUT2D eigenvalue weighted by atomic mass is 16.3. The lowest BCUT2D eigenvalue weighted by Gasteiger charge is -2.17. The van der Waals surface area contributed by atoms with E-state index < -0.39 is 6.04 Å². The predicted octanol–water partition coefficient (Wildman–Crippen LogP) is -0.587. The van der Waals surface area contributed by atoms with Crippen LogP contribution in [0.15, 0.2) is 0 Å². The molecular formula is C11H21N3O4. The summed E-state index contributed by atoms with van der Waals surface area (Å²) in [5.74, 6) is 0.192. The van der Waals surface area contributed by atoms with Crippen LogP contribution in [0, 0.1) is 5.92 Å². The number of nitrogens with two attached hydrogens (primary N) is 1. The van der Waals surface area contributed by atoms with Crippen molar-refractivity contribution in [1.82, 2.24) is 10.6 Å². The number of rotatable bonds is 4. The summed E-state index contributed by atoms with van der Waals surface area (Å²) in [6.07, 6.45) is 1.55. The van der Waals surface area contributed by atoms with Crippen LogP contribution in [-0.2, 0) is 14.4 Å². The van der Waals surface area contributed by atoms with E-state index in [9.17, 15) is 9.59 Å². The largest absolute Gasteiger partial charge is 0.483 e. The van der Waals surface area contributed by atoms with Crippen molar-refractivity contribution in [3.63, 3.8) is 0 Å². The van der Waals surface area contributed by atoms with E-state index in [2.05, 4.69) is 10.6 Å². The lowest BCUT2D eigenvalue weighted by atomic mass is 10.0. The van der Waals surface area contributed by atoms with E-state index in [4.69, 9.17) is 15.6 Å². The summed E-state index contributed by atoms with van der Waals surface area (Å²) in [5.41, 5.74) is 5.71. The second kappa shape index (κ2) is 8.46. The normalized spacial score (nSPS) is 19.6. The summed E-state index contributed by atoms with van der Waals surface area (Å²) in [6.45, 7) is 3.79. The number of nitrogens with one attached hydrogen (secondary N) is 2. The molecule has 0 radical (unpaired) electrons. The average Bonchev–Trinajstić information content (AvgIpc) is 2.64. The van der Waals surface area contributed by atoms with Crippen molar-refractivity contribution in [2.75, 3.05) is 0 Å². The fraction of sp³-hybridized carbons (Fsp3) is 0.727. The number of carbonyl (C=O) groups is 3. The van der Waals surface area contributed by atoms with Gasteiger partial charge in [-0.1, -0.05) is 13.8 Å². The molecule has 7 heteroatoms. The van der Waals surface area contributed by atoms with Gasteiger partial charge in [0.25, 0.3) is 6.47 Å². The zero-order valence-electron chi connectivity index (χ0n) is 10.7. The second-order valence-corrected chi connectivity index (χ2v) is 4.51. The highest BCUT2D eigenvalue weighted by molar-refractivity contribution is 5.84. The molecule has 7 nitrogen and oxygen atoms in total. The van der Waals surface area contributed by atoms with E-state index in [1.165, 1.54) is 0 Å². The van der Waals surface area contributed by atoms with Crippen LogP contribution in [0.4, 0.5) is 0 Å². The van der Waals surface area contributed by atoms with Gasteiger partial charge in [-0.3, -0.25) is 14.4 Å². The van der Waals surface area contributed by atoms with Gasteiger partial charge in [-0.2, -0.15) is 0 Å². The van der Waals surface area contributed by atoms with Crippen molar-refractivity contribution >= 4 is 18.3 Å². The molecule has 0 bridgehead atoms. The first kappa shape index (κ1) is 16.4. The van der Waals surface area contributed by atoms with Gasteiger partial charge in [-0.05, 0) is 18.8 Å². The van der Waals surface area contributed by atoms with Crippen molar-refractivity contribution in [2.45, 2.75) is 45.3 Å².